The van der Waals surface area contributed by atoms with Crippen LogP contribution in [-0.4, -0.2) is 29.8 Å². The van der Waals surface area contributed by atoms with Gasteiger partial charge in [0.2, 0.25) is 0 Å². The number of carbonyl (C=O) groups is 1. The fourth-order valence-electron chi connectivity index (χ4n) is 4.41. The maximum absolute atomic E-state index is 13.2. The molecule has 0 aliphatic rings. The van der Waals surface area contributed by atoms with E-state index in [4.69, 9.17) is 9.63 Å². The molecule has 0 atom stereocenters. The molecule has 5 nitrogen and oxygen atoms in total. The van der Waals surface area contributed by atoms with Crippen molar-refractivity contribution in [1.29, 1.82) is 0 Å². The van der Waals surface area contributed by atoms with Crippen LogP contribution in [0.3, 0.4) is 0 Å². The Hall–Kier alpha value is -3.07. The van der Waals surface area contributed by atoms with Crippen molar-refractivity contribution in [2.24, 2.45) is 0 Å². The number of carboxylic acid groups (broad SMARTS) is 1. The number of carboxylic acids is 1. The van der Waals surface area contributed by atoms with Gasteiger partial charge in [-0.05, 0) is 60.4 Å². The second-order valence-corrected chi connectivity index (χ2v) is 9.95. The predicted octanol–water partition coefficient (Wildman–Crippen LogP) is 6.80. The fraction of sp³-hybridized carbons (Fsp3) is 0.360. The first-order valence-corrected chi connectivity index (χ1v) is 11.7. The van der Waals surface area contributed by atoms with E-state index in [0.29, 0.717) is 23.1 Å². The van der Waals surface area contributed by atoms with Gasteiger partial charge in [-0.2, -0.15) is 13.2 Å². The Balaban J connectivity index is 1.64. The van der Waals surface area contributed by atoms with Crippen molar-refractivity contribution in [3.63, 3.8) is 0 Å². The molecule has 2 aromatic carbocycles. The lowest BCUT2D eigenvalue weighted by Crippen LogP contribution is -2.25. The van der Waals surface area contributed by atoms with Gasteiger partial charge in [0.1, 0.15) is 6.54 Å². The zero-order valence-electron chi connectivity index (χ0n) is 19.3. The standard InChI is InChI=1S/C25H25F3N2O3S/c1-13(2)24-16-6-5-15(25(26,27)28)10-22(16)34-21(24)8-7-18-17-9-14(3)19(11-20(17)33-29-18)30(4)12-23(31)32/h5-6,9-11,13H,7-8,12H2,1-4H3,(H,31,32). The van der Waals surface area contributed by atoms with Gasteiger partial charge in [0.15, 0.2) is 5.58 Å². The van der Waals surface area contributed by atoms with Crippen molar-refractivity contribution in [3.05, 3.63) is 57.6 Å². The third kappa shape index (κ3) is 4.61. The molecule has 4 aromatic rings. The lowest BCUT2D eigenvalue weighted by Gasteiger charge is -2.19. The summed E-state index contributed by atoms with van der Waals surface area (Å²) in [6.45, 7) is 5.87. The Bertz CT molecular complexity index is 1370. The van der Waals surface area contributed by atoms with Crippen LogP contribution in [0, 0.1) is 6.92 Å². The van der Waals surface area contributed by atoms with Crippen molar-refractivity contribution in [1.82, 2.24) is 5.16 Å². The van der Waals surface area contributed by atoms with Gasteiger partial charge in [-0.1, -0.05) is 25.1 Å². The highest BCUT2D eigenvalue weighted by Crippen LogP contribution is 2.40. The van der Waals surface area contributed by atoms with Gasteiger partial charge in [0, 0.05) is 33.8 Å². The Morgan fingerprint density at radius 2 is 1.91 bits per heavy atom. The molecule has 34 heavy (non-hydrogen) atoms. The summed E-state index contributed by atoms with van der Waals surface area (Å²) in [6, 6.07) is 7.70. The van der Waals surface area contributed by atoms with Crippen LogP contribution in [0.4, 0.5) is 18.9 Å². The molecule has 0 spiro atoms. The zero-order valence-corrected chi connectivity index (χ0v) is 20.1. The van der Waals surface area contributed by atoms with Gasteiger partial charge in [-0.15, -0.1) is 11.3 Å². The van der Waals surface area contributed by atoms with E-state index in [-0.39, 0.29) is 12.5 Å². The molecule has 0 bridgehead atoms. The van der Waals surface area contributed by atoms with Crippen molar-refractivity contribution in [2.45, 2.75) is 45.7 Å². The number of halogens is 3. The molecule has 0 amide bonds. The number of likely N-dealkylation sites (N-methyl/N-ethyl adjacent to an activating group) is 1. The van der Waals surface area contributed by atoms with Crippen LogP contribution in [0.2, 0.25) is 0 Å². The minimum absolute atomic E-state index is 0.132. The fourth-order valence-corrected chi connectivity index (χ4v) is 5.80. The van der Waals surface area contributed by atoms with Gasteiger partial charge >= 0.3 is 12.1 Å². The molecule has 4 rings (SSSR count). The molecule has 0 saturated heterocycles. The van der Waals surface area contributed by atoms with E-state index in [1.165, 1.54) is 17.4 Å². The summed E-state index contributed by atoms with van der Waals surface area (Å²) in [4.78, 5) is 13.7. The molecule has 1 N–H and O–H groups in total. The zero-order chi connectivity index (χ0) is 24.8. The van der Waals surface area contributed by atoms with Crippen LogP contribution in [0.1, 0.15) is 47.0 Å². The van der Waals surface area contributed by atoms with Crippen LogP contribution < -0.4 is 4.90 Å². The van der Waals surface area contributed by atoms with Gasteiger partial charge in [0.25, 0.3) is 0 Å². The van der Waals surface area contributed by atoms with E-state index in [1.54, 1.807) is 24.1 Å². The highest BCUT2D eigenvalue weighted by molar-refractivity contribution is 7.19. The van der Waals surface area contributed by atoms with Crippen molar-refractivity contribution in [2.75, 3.05) is 18.5 Å². The molecular formula is C25H25F3N2O3S. The number of hydrogen-bond acceptors (Lipinski definition) is 5. The Morgan fingerprint density at radius 3 is 2.56 bits per heavy atom. The summed E-state index contributed by atoms with van der Waals surface area (Å²) < 4.78 is 45.7. The number of thiophene rings is 1. The third-order valence-corrected chi connectivity index (χ3v) is 7.17. The number of aromatic nitrogens is 1. The van der Waals surface area contributed by atoms with Crippen molar-refractivity contribution in [3.8, 4) is 0 Å². The third-order valence-electron chi connectivity index (χ3n) is 5.95. The summed E-state index contributed by atoms with van der Waals surface area (Å²) in [5, 5.41) is 15.0. The van der Waals surface area contributed by atoms with Gasteiger partial charge in [0.05, 0.1) is 11.3 Å². The van der Waals surface area contributed by atoms with Crippen molar-refractivity contribution >= 4 is 44.0 Å². The molecule has 0 aliphatic carbocycles. The predicted molar refractivity (Wildman–Crippen MR) is 128 cm³/mol. The molecule has 180 valence electrons. The maximum atomic E-state index is 13.2. The Kier molecular flexibility index (Phi) is 6.33. The smallest absolute Gasteiger partial charge is 0.416 e. The SMILES string of the molecule is Cc1cc2c(CCc3sc4cc(C(F)(F)F)ccc4c3C(C)C)noc2cc1N(C)CC(=O)O. The topological polar surface area (TPSA) is 66.6 Å². The van der Waals surface area contributed by atoms with Gasteiger partial charge in [-0.25, -0.2) is 0 Å². The Morgan fingerprint density at radius 1 is 1.18 bits per heavy atom. The minimum Gasteiger partial charge on any atom is -0.480 e. The largest absolute Gasteiger partial charge is 0.480 e. The average Bonchev–Trinajstić information content (AvgIpc) is 3.30. The number of anilines is 1. The van der Waals surface area contributed by atoms with E-state index < -0.39 is 17.7 Å². The number of fused-ring (bicyclic) bond motifs is 2. The highest BCUT2D eigenvalue weighted by atomic mass is 32.1. The first-order valence-electron chi connectivity index (χ1n) is 10.9. The number of hydrogen-bond donors (Lipinski definition) is 1. The monoisotopic (exact) mass is 490 g/mol. The molecule has 0 radical (unpaired) electrons. The normalized spacial score (nSPS) is 12.2. The average molecular weight is 491 g/mol. The lowest BCUT2D eigenvalue weighted by molar-refractivity contribution is -0.137. The second kappa shape index (κ2) is 8.94. The van der Waals surface area contributed by atoms with E-state index in [1.807, 2.05) is 26.8 Å². The van der Waals surface area contributed by atoms with Crippen LogP contribution in [0.25, 0.3) is 21.1 Å². The number of nitrogens with zero attached hydrogens (tertiary/aromatic N) is 2. The van der Waals surface area contributed by atoms with Gasteiger partial charge < -0.3 is 14.5 Å². The van der Waals surface area contributed by atoms with E-state index in [0.717, 1.165) is 44.2 Å². The van der Waals surface area contributed by atoms with Crippen LogP contribution in [-0.2, 0) is 23.8 Å². The molecule has 0 unspecified atom stereocenters. The molecule has 0 fully saturated rings. The number of aryl methyl sites for hydroxylation is 3. The van der Waals surface area contributed by atoms with E-state index in [2.05, 4.69) is 5.16 Å². The first kappa shape index (κ1) is 24.1. The Labute approximate surface area is 198 Å². The number of rotatable bonds is 7. The van der Waals surface area contributed by atoms with E-state index in [9.17, 15) is 18.0 Å². The summed E-state index contributed by atoms with van der Waals surface area (Å²) in [7, 11) is 1.71. The van der Waals surface area contributed by atoms with Crippen molar-refractivity contribution < 1.29 is 27.6 Å². The number of benzene rings is 2. The summed E-state index contributed by atoms with van der Waals surface area (Å²) in [6.07, 6.45) is -3.16. The van der Waals surface area contributed by atoms with Gasteiger partial charge in [-0.3, -0.25) is 4.79 Å². The number of alkyl halides is 3. The van der Waals surface area contributed by atoms with Crippen LogP contribution in [0.5, 0.6) is 0 Å². The molecule has 0 saturated carbocycles. The molecular weight excluding hydrogens is 465 g/mol. The molecule has 9 heteroatoms. The minimum atomic E-state index is -4.37. The second-order valence-electron chi connectivity index (χ2n) is 8.82. The van der Waals surface area contributed by atoms with Crippen LogP contribution >= 0.6 is 11.3 Å². The summed E-state index contributed by atoms with van der Waals surface area (Å²) in [5.74, 6) is -0.754. The van der Waals surface area contributed by atoms with Crippen LogP contribution in [0.15, 0.2) is 34.9 Å². The van der Waals surface area contributed by atoms with E-state index >= 15 is 0 Å². The maximum Gasteiger partial charge on any atom is 0.416 e. The number of aliphatic carboxylic acids is 1. The summed E-state index contributed by atoms with van der Waals surface area (Å²) >= 11 is 1.40. The molecule has 0 aliphatic heterocycles. The molecule has 2 heterocycles. The summed E-state index contributed by atoms with van der Waals surface area (Å²) in [5.41, 5.74) is 3.45. The highest BCUT2D eigenvalue weighted by Gasteiger charge is 2.31. The molecule has 2 aromatic heterocycles. The first-order chi connectivity index (χ1) is 16.0. The quantitative estimate of drug-likeness (QED) is 0.309. The lowest BCUT2D eigenvalue weighted by atomic mass is 9.96.